The minimum atomic E-state index is -0.836. The Morgan fingerprint density at radius 2 is 1.83 bits per heavy atom. The number of nitrogen functional groups attached to an aromatic ring is 1. The molecule has 8 heteroatoms. The van der Waals surface area contributed by atoms with Gasteiger partial charge in [0.1, 0.15) is 5.69 Å². The average Bonchev–Trinajstić information content (AvgIpc) is 2.70. The van der Waals surface area contributed by atoms with Crippen LogP contribution in [0.25, 0.3) is 0 Å². The van der Waals surface area contributed by atoms with Gasteiger partial charge in [-0.25, -0.2) is 4.79 Å². The first-order chi connectivity index (χ1) is 13.7. The molecule has 0 aliphatic heterocycles. The highest BCUT2D eigenvalue weighted by atomic mass is 16.6. The number of ether oxygens (including phenoxy) is 1. The lowest BCUT2D eigenvalue weighted by Crippen LogP contribution is -2.35. The smallest absolute Gasteiger partial charge is 0.338 e. The third-order valence-corrected chi connectivity index (χ3v) is 4.53. The van der Waals surface area contributed by atoms with E-state index in [2.05, 4.69) is 12.2 Å². The van der Waals surface area contributed by atoms with Crippen molar-refractivity contribution in [2.45, 2.75) is 33.2 Å². The van der Waals surface area contributed by atoms with Gasteiger partial charge in [0.05, 0.1) is 16.5 Å². The van der Waals surface area contributed by atoms with Gasteiger partial charge in [0.2, 0.25) is 0 Å². The molecule has 0 spiro atoms. The Kier molecular flexibility index (Phi) is 7.30. The van der Waals surface area contributed by atoms with Gasteiger partial charge in [0, 0.05) is 6.07 Å². The molecule has 1 atom stereocenters. The molecule has 0 saturated heterocycles. The van der Waals surface area contributed by atoms with Crippen LogP contribution in [0, 0.1) is 16.0 Å². The van der Waals surface area contributed by atoms with Gasteiger partial charge in [-0.3, -0.25) is 14.9 Å². The number of amides is 1. The number of carbonyl (C=O) groups is 2. The first kappa shape index (κ1) is 21.9. The molecule has 0 radical (unpaired) electrons. The van der Waals surface area contributed by atoms with Gasteiger partial charge in [-0.1, -0.05) is 45.0 Å². The molecule has 1 amide bonds. The summed E-state index contributed by atoms with van der Waals surface area (Å²) in [6.45, 7) is 5.55. The maximum absolute atomic E-state index is 12.3. The molecule has 0 bridgehead atoms. The molecule has 0 saturated carbocycles. The summed E-state index contributed by atoms with van der Waals surface area (Å²) >= 11 is 0. The van der Waals surface area contributed by atoms with Crippen molar-refractivity contribution < 1.29 is 19.2 Å². The van der Waals surface area contributed by atoms with E-state index in [1.54, 1.807) is 0 Å². The molecule has 0 aliphatic rings. The maximum atomic E-state index is 12.3. The first-order valence-electron chi connectivity index (χ1n) is 9.32. The number of hydrogen-bond acceptors (Lipinski definition) is 6. The number of carbonyl (C=O) groups excluding carboxylic acids is 2. The van der Waals surface area contributed by atoms with Crippen molar-refractivity contribution in [3.05, 3.63) is 69.3 Å². The Bertz CT molecular complexity index is 894. The van der Waals surface area contributed by atoms with Crippen LogP contribution in [0.15, 0.2) is 42.5 Å². The number of rotatable bonds is 8. The van der Waals surface area contributed by atoms with Gasteiger partial charge in [-0.15, -0.1) is 0 Å². The molecule has 8 nitrogen and oxygen atoms in total. The second-order valence-corrected chi connectivity index (χ2v) is 6.99. The van der Waals surface area contributed by atoms with E-state index >= 15 is 0 Å². The van der Waals surface area contributed by atoms with E-state index in [0.29, 0.717) is 0 Å². The standard InChI is InChI=1S/C21H25N3O5/c1-4-14-5-7-15(8-6-14)20(13(2)3)23-19(25)12-29-21(26)16-9-10-17(22)18(11-16)24(27)28/h5-11,13,20H,4,12,22H2,1-3H3,(H,23,25)/t20-/m0/s1. The fourth-order valence-electron chi connectivity index (χ4n) is 2.85. The average molecular weight is 399 g/mol. The van der Waals surface area contributed by atoms with Crippen molar-refractivity contribution in [2.75, 3.05) is 12.3 Å². The van der Waals surface area contributed by atoms with Crippen LogP contribution in [0.4, 0.5) is 11.4 Å². The van der Waals surface area contributed by atoms with E-state index in [9.17, 15) is 19.7 Å². The third kappa shape index (κ3) is 5.78. The van der Waals surface area contributed by atoms with E-state index < -0.39 is 23.4 Å². The predicted molar refractivity (Wildman–Crippen MR) is 109 cm³/mol. The summed E-state index contributed by atoms with van der Waals surface area (Å²) in [7, 11) is 0. The highest BCUT2D eigenvalue weighted by Gasteiger charge is 2.21. The lowest BCUT2D eigenvalue weighted by molar-refractivity contribution is -0.383. The van der Waals surface area contributed by atoms with Gasteiger partial charge in [-0.05, 0) is 35.6 Å². The van der Waals surface area contributed by atoms with Gasteiger partial charge >= 0.3 is 5.97 Å². The molecule has 29 heavy (non-hydrogen) atoms. The number of nitrogens with zero attached hydrogens (tertiary/aromatic N) is 1. The summed E-state index contributed by atoms with van der Waals surface area (Å²) in [5.41, 5.74) is 7.18. The van der Waals surface area contributed by atoms with Crippen molar-refractivity contribution in [3.8, 4) is 0 Å². The Labute approximate surface area is 169 Å². The van der Waals surface area contributed by atoms with Crippen molar-refractivity contribution in [1.29, 1.82) is 0 Å². The van der Waals surface area contributed by atoms with E-state index in [1.165, 1.54) is 17.7 Å². The van der Waals surface area contributed by atoms with Crippen LogP contribution in [0.5, 0.6) is 0 Å². The molecule has 154 valence electrons. The molecular weight excluding hydrogens is 374 g/mol. The topological polar surface area (TPSA) is 125 Å². The third-order valence-electron chi connectivity index (χ3n) is 4.53. The molecular formula is C21H25N3O5. The van der Waals surface area contributed by atoms with Crippen molar-refractivity contribution in [2.24, 2.45) is 5.92 Å². The van der Waals surface area contributed by atoms with Crippen molar-refractivity contribution in [1.82, 2.24) is 5.32 Å². The summed E-state index contributed by atoms with van der Waals surface area (Å²) in [5.74, 6) is -1.17. The maximum Gasteiger partial charge on any atom is 0.338 e. The second-order valence-electron chi connectivity index (χ2n) is 6.99. The zero-order chi connectivity index (χ0) is 21.6. The number of nitrogens with two attached hydrogens (primary N) is 1. The van der Waals surface area contributed by atoms with Crippen LogP contribution in [-0.2, 0) is 16.0 Å². The second kappa shape index (κ2) is 9.68. The molecule has 0 heterocycles. The Hall–Kier alpha value is -3.42. The lowest BCUT2D eigenvalue weighted by atomic mass is 9.95. The van der Waals surface area contributed by atoms with Crippen molar-refractivity contribution >= 4 is 23.3 Å². The highest BCUT2D eigenvalue weighted by Crippen LogP contribution is 2.23. The van der Waals surface area contributed by atoms with E-state index in [4.69, 9.17) is 10.5 Å². The molecule has 0 unspecified atom stereocenters. The molecule has 0 aromatic heterocycles. The number of esters is 1. The van der Waals surface area contributed by atoms with Crippen LogP contribution in [-0.4, -0.2) is 23.4 Å². The predicted octanol–water partition coefficient (Wildman–Crippen LogP) is 3.41. The Morgan fingerprint density at radius 1 is 1.17 bits per heavy atom. The van der Waals surface area contributed by atoms with Crippen LogP contribution in [0.3, 0.4) is 0 Å². The first-order valence-corrected chi connectivity index (χ1v) is 9.32. The number of aryl methyl sites for hydroxylation is 1. The summed E-state index contributed by atoms with van der Waals surface area (Å²) in [6.07, 6.45) is 0.929. The van der Waals surface area contributed by atoms with Crippen LogP contribution < -0.4 is 11.1 Å². The van der Waals surface area contributed by atoms with E-state index in [-0.39, 0.29) is 28.9 Å². The molecule has 2 aromatic rings. The van der Waals surface area contributed by atoms with Gasteiger partial charge in [-0.2, -0.15) is 0 Å². The SMILES string of the molecule is CCc1ccc([C@@H](NC(=O)COC(=O)c2ccc(N)c([N+](=O)[O-])c2)C(C)C)cc1. The highest BCUT2D eigenvalue weighted by molar-refractivity contribution is 5.92. The fourth-order valence-corrected chi connectivity index (χ4v) is 2.85. The number of hydrogen-bond donors (Lipinski definition) is 2. The fraction of sp³-hybridized carbons (Fsp3) is 0.333. The molecule has 0 fully saturated rings. The minimum Gasteiger partial charge on any atom is -0.452 e. The number of benzene rings is 2. The number of nitro groups is 1. The Balaban J connectivity index is 2.00. The largest absolute Gasteiger partial charge is 0.452 e. The summed E-state index contributed by atoms with van der Waals surface area (Å²) < 4.78 is 5.00. The van der Waals surface area contributed by atoms with Gasteiger partial charge in [0.25, 0.3) is 11.6 Å². The lowest BCUT2D eigenvalue weighted by Gasteiger charge is -2.23. The van der Waals surface area contributed by atoms with Crippen LogP contribution in [0.2, 0.25) is 0 Å². The van der Waals surface area contributed by atoms with Crippen molar-refractivity contribution in [3.63, 3.8) is 0 Å². The van der Waals surface area contributed by atoms with E-state index in [0.717, 1.165) is 18.1 Å². The molecule has 2 rings (SSSR count). The zero-order valence-corrected chi connectivity index (χ0v) is 16.7. The number of nitrogens with one attached hydrogen (secondary N) is 1. The Morgan fingerprint density at radius 3 is 2.38 bits per heavy atom. The normalized spacial score (nSPS) is 11.7. The molecule has 3 N–H and O–H groups in total. The minimum absolute atomic E-state index is 0.0470. The zero-order valence-electron chi connectivity index (χ0n) is 16.7. The summed E-state index contributed by atoms with van der Waals surface area (Å²) in [6, 6.07) is 11.4. The quantitative estimate of drug-likeness (QED) is 0.303. The molecule has 0 aliphatic carbocycles. The number of anilines is 1. The van der Waals surface area contributed by atoms with Gasteiger partial charge in [0.15, 0.2) is 6.61 Å². The van der Waals surface area contributed by atoms with Gasteiger partial charge < -0.3 is 15.8 Å². The van der Waals surface area contributed by atoms with Crippen LogP contribution >= 0.6 is 0 Å². The summed E-state index contributed by atoms with van der Waals surface area (Å²) in [5, 5.41) is 13.8. The van der Waals surface area contributed by atoms with E-state index in [1.807, 2.05) is 38.1 Å². The monoisotopic (exact) mass is 399 g/mol. The summed E-state index contributed by atoms with van der Waals surface area (Å²) in [4.78, 5) is 34.7. The number of nitro benzene ring substituents is 1. The van der Waals surface area contributed by atoms with Crippen LogP contribution in [0.1, 0.15) is 48.3 Å². The molecule has 2 aromatic carbocycles.